The Morgan fingerprint density at radius 2 is 2.20 bits per heavy atom. The van der Waals surface area contributed by atoms with Crippen LogP contribution in [0.4, 0.5) is 15.0 Å². The highest BCUT2D eigenvalue weighted by Gasteiger charge is 2.39. The third kappa shape index (κ3) is 6.82. The molecule has 30 heavy (non-hydrogen) atoms. The topological polar surface area (TPSA) is 122 Å². The lowest BCUT2D eigenvalue weighted by atomic mass is 9.98. The van der Waals surface area contributed by atoms with Crippen molar-refractivity contribution >= 4 is 33.7 Å². The molecule has 0 bridgehead atoms. The van der Waals surface area contributed by atoms with Crippen LogP contribution in [0.5, 0.6) is 0 Å². The van der Waals surface area contributed by atoms with E-state index < -0.39 is 11.2 Å². The van der Waals surface area contributed by atoms with Crippen molar-refractivity contribution in [1.82, 2.24) is 20.7 Å². The van der Waals surface area contributed by atoms with E-state index in [0.717, 1.165) is 12.8 Å². The van der Waals surface area contributed by atoms with E-state index >= 15 is 0 Å². The lowest BCUT2D eigenvalue weighted by Crippen LogP contribution is -2.35. The number of alkyl carbamates (subject to hydrolysis) is 1. The fraction of sp³-hybridized carbons (Fsp3) is 0.579. The van der Waals surface area contributed by atoms with E-state index in [2.05, 4.69) is 41.9 Å². The molecule has 0 unspecified atom stereocenters. The van der Waals surface area contributed by atoms with Gasteiger partial charge in [-0.15, -0.1) is 0 Å². The zero-order valence-corrected chi connectivity index (χ0v) is 18.4. The summed E-state index contributed by atoms with van der Waals surface area (Å²) in [6.45, 7) is 3.87. The van der Waals surface area contributed by atoms with Crippen LogP contribution in [0.25, 0.3) is 0 Å². The minimum absolute atomic E-state index is 0.0300. The summed E-state index contributed by atoms with van der Waals surface area (Å²) in [5.74, 6) is 0.187. The Morgan fingerprint density at radius 3 is 2.83 bits per heavy atom. The molecule has 3 N–H and O–H groups in total. The van der Waals surface area contributed by atoms with Gasteiger partial charge in [-0.1, -0.05) is 21.1 Å². The number of ether oxygens (including phenoxy) is 1. The van der Waals surface area contributed by atoms with Gasteiger partial charge in [0.2, 0.25) is 5.91 Å². The number of hydrogen-bond acceptors (Lipinski definition) is 6. The van der Waals surface area contributed by atoms with Crippen molar-refractivity contribution in [2.75, 3.05) is 11.9 Å². The van der Waals surface area contributed by atoms with Crippen LogP contribution in [-0.4, -0.2) is 44.6 Å². The molecule has 0 aromatic carbocycles. The first-order chi connectivity index (χ1) is 14.2. The van der Waals surface area contributed by atoms with Gasteiger partial charge in [-0.2, -0.15) is 5.10 Å². The summed E-state index contributed by atoms with van der Waals surface area (Å²) in [4.78, 5) is 23.9. The van der Waals surface area contributed by atoms with Gasteiger partial charge in [0.25, 0.3) is 0 Å². The van der Waals surface area contributed by atoms with Crippen molar-refractivity contribution in [2.45, 2.75) is 62.5 Å². The van der Waals surface area contributed by atoms with Gasteiger partial charge >= 0.3 is 6.09 Å². The van der Waals surface area contributed by atoms with Gasteiger partial charge in [-0.05, 0) is 39.5 Å². The normalized spacial score (nSPS) is 16.5. The van der Waals surface area contributed by atoms with Gasteiger partial charge in [-0.25, -0.2) is 9.18 Å². The number of aromatic nitrogens is 3. The number of alkyl halides is 2. The molecule has 1 fully saturated rings. The molecule has 9 nitrogen and oxygen atoms in total. The number of halogens is 2. The maximum atomic E-state index is 13.6. The van der Waals surface area contributed by atoms with Crippen molar-refractivity contribution in [3.8, 4) is 0 Å². The maximum absolute atomic E-state index is 13.6. The highest BCUT2D eigenvalue weighted by molar-refractivity contribution is 9.09. The van der Waals surface area contributed by atoms with Crippen molar-refractivity contribution in [3.63, 3.8) is 0 Å². The number of aryl methyl sites for hydroxylation is 1. The van der Waals surface area contributed by atoms with E-state index in [9.17, 15) is 14.0 Å². The zero-order valence-electron chi connectivity index (χ0n) is 16.8. The molecule has 0 saturated heterocycles. The highest BCUT2D eigenvalue weighted by Crippen LogP contribution is 2.34. The summed E-state index contributed by atoms with van der Waals surface area (Å²) in [5.41, 5.74) is 1.18. The van der Waals surface area contributed by atoms with Gasteiger partial charge < -0.3 is 19.9 Å². The molecule has 1 aliphatic rings. The van der Waals surface area contributed by atoms with Crippen LogP contribution >= 0.6 is 15.9 Å². The summed E-state index contributed by atoms with van der Waals surface area (Å²) in [6, 6.07) is 3.33. The third-order valence-corrected chi connectivity index (χ3v) is 5.26. The standard InChI is InChI=1S/C19H25BrFN5O4/c1-11-7-13(30-26-11)9-17(27)22-16-10-14(24-25-16)12(8-15(20)21)3-6-29-18(28)23-19(2)4-5-19/h7,10,12,15H,3-6,8-9H2,1-2H3,(H,23,28)(H2,22,24,25,27)/t12-,15+/m1/s1. The number of carbonyl (C=O) groups excluding carboxylic acids is 2. The molecule has 2 atom stereocenters. The zero-order chi connectivity index (χ0) is 21.7. The largest absolute Gasteiger partial charge is 0.450 e. The van der Waals surface area contributed by atoms with E-state index in [0.29, 0.717) is 29.4 Å². The van der Waals surface area contributed by atoms with E-state index in [1.807, 2.05) is 6.92 Å². The maximum Gasteiger partial charge on any atom is 0.407 e. The Morgan fingerprint density at radius 1 is 1.43 bits per heavy atom. The molecule has 0 radical (unpaired) electrons. The molecule has 2 aromatic heterocycles. The Bertz CT molecular complexity index is 880. The van der Waals surface area contributed by atoms with Crippen LogP contribution in [-0.2, 0) is 16.0 Å². The summed E-state index contributed by atoms with van der Waals surface area (Å²) in [5, 5.41) is 14.9. The van der Waals surface area contributed by atoms with Crippen LogP contribution in [0.1, 0.15) is 55.7 Å². The second-order valence-corrected chi connectivity index (χ2v) is 8.80. The Labute approximate surface area is 181 Å². The molecular formula is C19H25BrFN5O4. The first-order valence-electron chi connectivity index (χ1n) is 9.73. The second kappa shape index (κ2) is 9.59. The third-order valence-electron chi connectivity index (χ3n) is 4.88. The minimum atomic E-state index is -1.22. The SMILES string of the molecule is Cc1cc(CC(=O)Nc2cc([C@H](CCOC(=O)NC3(C)CC3)C[C@H](F)Br)[nH]n2)on1. The van der Waals surface area contributed by atoms with Crippen LogP contribution in [0.3, 0.4) is 0 Å². The number of rotatable bonds is 10. The van der Waals surface area contributed by atoms with Gasteiger partial charge in [-0.3, -0.25) is 9.89 Å². The number of amides is 2. The van der Waals surface area contributed by atoms with E-state index in [4.69, 9.17) is 9.26 Å². The molecule has 1 saturated carbocycles. The van der Waals surface area contributed by atoms with Crippen LogP contribution in [0.15, 0.2) is 16.7 Å². The van der Waals surface area contributed by atoms with Crippen LogP contribution in [0.2, 0.25) is 0 Å². The average Bonchev–Trinajstić information content (AvgIpc) is 3.03. The number of nitrogens with zero attached hydrogens (tertiary/aromatic N) is 2. The fourth-order valence-electron chi connectivity index (χ4n) is 2.96. The molecule has 164 valence electrons. The number of H-pyrrole nitrogens is 1. The van der Waals surface area contributed by atoms with Crippen LogP contribution in [0, 0.1) is 6.92 Å². The Balaban J connectivity index is 1.51. The minimum Gasteiger partial charge on any atom is -0.450 e. The van der Waals surface area contributed by atoms with Crippen molar-refractivity contribution in [1.29, 1.82) is 0 Å². The quantitative estimate of drug-likeness (QED) is 0.440. The first kappa shape index (κ1) is 22.3. The number of carbonyl (C=O) groups is 2. The lowest BCUT2D eigenvalue weighted by Gasteiger charge is -2.16. The highest BCUT2D eigenvalue weighted by atomic mass is 79.9. The molecule has 11 heteroatoms. The molecule has 1 aliphatic carbocycles. The van der Waals surface area contributed by atoms with Gasteiger partial charge in [0.1, 0.15) is 5.76 Å². The predicted molar refractivity (Wildman–Crippen MR) is 110 cm³/mol. The molecule has 2 amide bonds. The average molecular weight is 486 g/mol. The fourth-order valence-corrected chi connectivity index (χ4v) is 3.41. The predicted octanol–water partition coefficient (Wildman–Crippen LogP) is 3.72. The number of aromatic amines is 1. The number of nitrogens with one attached hydrogen (secondary N) is 3. The van der Waals surface area contributed by atoms with Crippen LogP contribution < -0.4 is 10.6 Å². The summed E-state index contributed by atoms with van der Waals surface area (Å²) >= 11 is 2.92. The Kier molecular flexibility index (Phi) is 7.11. The molecule has 3 rings (SSSR count). The monoisotopic (exact) mass is 485 g/mol. The van der Waals surface area contributed by atoms with Gasteiger partial charge in [0.15, 0.2) is 10.9 Å². The molecule has 0 spiro atoms. The van der Waals surface area contributed by atoms with Crippen molar-refractivity contribution < 1.29 is 23.2 Å². The first-order valence-corrected chi connectivity index (χ1v) is 10.6. The molecular weight excluding hydrogens is 461 g/mol. The molecule has 2 aromatic rings. The summed E-state index contributed by atoms with van der Waals surface area (Å²) < 4.78 is 23.8. The summed E-state index contributed by atoms with van der Waals surface area (Å²) in [7, 11) is 0. The van der Waals surface area contributed by atoms with Gasteiger partial charge in [0, 0.05) is 29.3 Å². The van der Waals surface area contributed by atoms with Crippen molar-refractivity contribution in [3.05, 3.63) is 29.3 Å². The summed E-state index contributed by atoms with van der Waals surface area (Å²) in [6.07, 6.45) is 2.01. The van der Waals surface area contributed by atoms with Crippen molar-refractivity contribution in [2.24, 2.45) is 0 Å². The van der Waals surface area contributed by atoms with E-state index in [-0.39, 0.29) is 36.8 Å². The van der Waals surface area contributed by atoms with E-state index in [1.165, 1.54) is 0 Å². The number of hydrogen-bond donors (Lipinski definition) is 3. The number of anilines is 1. The second-order valence-electron chi connectivity index (χ2n) is 7.80. The lowest BCUT2D eigenvalue weighted by molar-refractivity contribution is -0.115. The Hall–Kier alpha value is -2.43. The smallest absolute Gasteiger partial charge is 0.407 e. The van der Waals surface area contributed by atoms with E-state index in [1.54, 1.807) is 19.1 Å². The molecule has 0 aliphatic heterocycles. The van der Waals surface area contributed by atoms with Gasteiger partial charge in [0.05, 0.1) is 18.7 Å². The molecule has 2 heterocycles.